The van der Waals surface area contributed by atoms with Crippen LogP contribution in [0.25, 0.3) is 0 Å². The highest BCUT2D eigenvalue weighted by Crippen LogP contribution is 2.27. The van der Waals surface area contributed by atoms with Gasteiger partial charge in [0.2, 0.25) is 0 Å². The molecule has 1 fully saturated rings. The van der Waals surface area contributed by atoms with Gasteiger partial charge in [-0.2, -0.15) is 8.42 Å². The molecule has 1 saturated heterocycles. The third-order valence-electron chi connectivity index (χ3n) is 2.66. The fourth-order valence-corrected chi connectivity index (χ4v) is 3.13. The Balaban J connectivity index is 2.15. The van der Waals surface area contributed by atoms with Crippen LogP contribution in [0.3, 0.4) is 0 Å². The number of amidine groups is 1. The first-order valence-electron chi connectivity index (χ1n) is 4.95. The molecule has 1 aromatic rings. The minimum atomic E-state index is -3.50. The van der Waals surface area contributed by atoms with Crippen molar-refractivity contribution in [2.75, 3.05) is 19.9 Å². The standard InChI is InChI=1S/C10H10N2O3S/c13-16(14)9-4-2-1-3-8(9)10(11-16)12-5-6-15-7-12/h1-4H,5-7H2. The van der Waals surface area contributed by atoms with Gasteiger partial charge >= 0.3 is 0 Å². The van der Waals surface area contributed by atoms with Crippen LogP contribution in [0, 0.1) is 0 Å². The highest BCUT2D eigenvalue weighted by atomic mass is 32.2. The van der Waals surface area contributed by atoms with E-state index in [1.54, 1.807) is 18.2 Å². The maximum absolute atomic E-state index is 11.8. The Morgan fingerprint density at radius 3 is 2.88 bits per heavy atom. The molecule has 6 heteroatoms. The van der Waals surface area contributed by atoms with Crippen molar-refractivity contribution in [3.8, 4) is 0 Å². The second-order valence-electron chi connectivity index (χ2n) is 3.69. The van der Waals surface area contributed by atoms with Crippen molar-refractivity contribution < 1.29 is 13.2 Å². The van der Waals surface area contributed by atoms with Crippen molar-refractivity contribution in [3.05, 3.63) is 29.8 Å². The molecule has 84 valence electrons. The fourth-order valence-electron chi connectivity index (χ4n) is 1.90. The summed E-state index contributed by atoms with van der Waals surface area (Å²) >= 11 is 0. The number of ether oxygens (including phenoxy) is 1. The molecule has 0 unspecified atom stereocenters. The third kappa shape index (κ3) is 1.34. The van der Waals surface area contributed by atoms with Crippen LogP contribution in [0.15, 0.2) is 33.6 Å². The number of benzene rings is 1. The van der Waals surface area contributed by atoms with Gasteiger partial charge in [-0.25, -0.2) is 0 Å². The van der Waals surface area contributed by atoms with E-state index in [0.717, 1.165) is 0 Å². The molecule has 0 radical (unpaired) electrons. The summed E-state index contributed by atoms with van der Waals surface area (Å²) in [4.78, 5) is 2.13. The van der Waals surface area contributed by atoms with Gasteiger partial charge in [0.15, 0.2) is 5.84 Å². The minimum Gasteiger partial charge on any atom is -0.359 e. The largest absolute Gasteiger partial charge is 0.359 e. The minimum absolute atomic E-state index is 0.289. The Morgan fingerprint density at radius 1 is 1.31 bits per heavy atom. The van der Waals surface area contributed by atoms with Gasteiger partial charge in [0.05, 0.1) is 6.61 Å². The summed E-state index contributed by atoms with van der Waals surface area (Å²) < 4.78 is 32.5. The lowest BCUT2D eigenvalue weighted by molar-refractivity contribution is 0.169. The lowest BCUT2D eigenvalue weighted by Crippen LogP contribution is -2.27. The van der Waals surface area contributed by atoms with Gasteiger partial charge in [-0.15, -0.1) is 4.40 Å². The van der Waals surface area contributed by atoms with Crippen LogP contribution in [-0.4, -0.2) is 39.0 Å². The lowest BCUT2D eigenvalue weighted by Gasteiger charge is -2.14. The second-order valence-corrected chi connectivity index (χ2v) is 5.26. The van der Waals surface area contributed by atoms with Gasteiger partial charge in [-0.05, 0) is 12.1 Å². The SMILES string of the molecule is O=S1(=O)N=C(N2CCOC2)c2ccccc21. The normalized spacial score (nSPS) is 22.0. The van der Waals surface area contributed by atoms with Crippen molar-refractivity contribution in [2.45, 2.75) is 4.90 Å². The van der Waals surface area contributed by atoms with Crippen molar-refractivity contribution >= 4 is 15.9 Å². The van der Waals surface area contributed by atoms with Crippen molar-refractivity contribution in [1.29, 1.82) is 0 Å². The maximum Gasteiger partial charge on any atom is 0.285 e. The Labute approximate surface area is 93.4 Å². The van der Waals surface area contributed by atoms with Gasteiger partial charge in [0, 0.05) is 12.1 Å². The smallest absolute Gasteiger partial charge is 0.285 e. The molecule has 0 bridgehead atoms. The Kier molecular flexibility index (Phi) is 2.02. The summed E-state index contributed by atoms with van der Waals surface area (Å²) in [6, 6.07) is 6.87. The van der Waals surface area contributed by atoms with E-state index in [0.29, 0.717) is 31.3 Å². The Hall–Kier alpha value is -1.40. The van der Waals surface area contributed by atoms with E-state index in [2.05, 4.69) is 4.40 Å². The third-order valence-corrected chi connectivity index (χ3v) is 3.99. The average molecular weight is 238 g/mol. The lowest BCUT2D eigenvalue weighted by atomic mass is 10.2. The number of rotatable bonds is 0. The molecule has 5 nitrogen and oxygen atoms in total. The molecule has 0 aliphatic carbocycles. The Morgan fingerprint density at radius 2 is 2.12 bits per heavy atom. The molecular formula is C10H10N2O3S. The Bertz CT molecular complexity index is 559. The molecule has 2 aliphatic heterocycles. The summed E-state index contributed by atoms with van der Waals surface area (Å²) in [5, 5.41) is 0. The van der Waals surface area contributed by atoms with Crippen LogP contribution in [0.4, 0.5) is 0 Å². The van der Waals surface area contributed by atoms with Crippen molar-refractivity contribution in [3.63, 3.8) is 0 Å². The molecule has 2 heterocycles. The van der Waals surface area contributed by atoms with Crippen LogP contribution in [-0.2, 0) is 14.8 Å². The average Bonchev–Trinajstić information content (AvgIpc) is 2.86. The molecule has 1 aromatic carbocycles. The van der Waals surface area contributed by atoms with Crippen LogP contribution in [0.2, 0.25) is 0 Å². The summed E-state index contributed by atoms with van der Waals surface area (Å²) in [7, 11) is -3.50. The highest BCUT2D eigenvalue weighted by Gasteiger charge is 2.32. The second kappa shape index (κ2) is 3.29. The zero-order chi connectivity index (χ0) is 11.2. The van der Waals surface area contributed by atoms with E-state index < -0.39 is 10.0 Å². The predicted octanol–water partition coefficient (Wildman–Crippen LogP) is 0.425. The molecule has 0 aromatic heterocycles. The number of fused-ring (bicyclic) bond motifs is 1. The molecule has 0 saturated carbocycles. The van der Waals surface area contributed by atoms with E-state index in [4.69, 9.17) is 4.74 Å². The van der Waals surface area contributed by atoms with Crippen LogP contribution < -0.4 is 0 Å². The van der Waals surface area contributed by atoms with Crippen molar-refractivity contribution in [1.82, 2.24) is 4.90 Å². The van der Waals surface area contributed by atoms with Crippen LogP contribution in [0.1, 0.15) is 5.56 Å². The molecule has 0 atom stereocenters. The van der Waals surface area contributed by atoms with E-state index in [1.807, 2.05) is 11.0 Å². The zero-order valence-electron chi connectivity index (χ0n) is 8.46. The number of nitrogens with zero attached hydrogens (tertiary/aromatic N) is 2. The molecule has 0 amide bonds. The van der Waals surface area contributed by atoms with Gasteiger partial charge in [-0.3, -0.25) is 0 Å². The fraction of sp³-hybridized carbons (Fsp3) is 0.300. The van der Waals surface area contributed by atoms with E-state index in [1.165, 1.54) is 0 Å². The van der Waals surface area contributed by atoms with E-state index in [9.17, 15) is 8.42 Å². The van der Waals surface area contributed by atoms with E-state index >= 15 is 0 Å². The van der Waals surface area contributed by atoms with Gasteiger partial charge in [0.25, 0.3) is 10.0 Å². The molecule has 16 heavy (non-hydrogen) atoms. The maximum atomic E-state index is 11.8. The van der Waals surface area contributed by atoms with Gasteiger partial charge in [-0.1, -0.05) is 12.1 Å². The first-order valence-corrected chi connectivity index (χ1v) is 6.39. The van der Waals surface area contributed by atoms with Gasteiger partial charge in [0.1, 0.15) is 11.6 Å². The number of hydrogen-bond acceptors (Lipinski definition) is 4. The monoisotopic (exact) mass is 238 g/mol. The first-order chi connectivity index (χ1) is 7.68. The highest BCUT2D eigenvalue weighted by molar-refractivity contribution is 7.90. The molecular weight excluding hydrogens is 228 g/mol. The first kappa shape index (κ1) is 9.80. The summed E-state index contributed by atoms with van der Waals surface area (Å²) in [5.74, 6) is 0.508. The molecule has 3 rings (SSSR count). The summed E-state index contributed by atoms with van der Waals surface area (Å²) in [5.41, 5.74) is 0.674. The van der Waals surface area contributed by atoms with Crippen LogP contribution >= 0.6 is 0 Å². The predicted molar refractivity (Wildman–Crippen MR) is 57.7 cm³/mol. The molecule has 0 N–H and O–H groups in total. The van der Waals surface area contributed by atoms with Crippen LogP contribution in [0.5, 0.6) is 0 Å². The zero-order valence-corrected chi connectivity index (χ0v) is 9.27. The van der Waals surface area contributed by atoms with E-state index in [-0.39, 0.29) is 4.90 Å². The molecule has 0 spiro atoms. The van der Waals surface area contributed by atoms with Gasteiger partial charge < -0.3 is 9.64 Å². The van der Waals surface area contributed by atoms with Crippen molar-refractivity contribution in [2.24, 2.45) is 4.40 Å². The quantitative estimate of drug-likeness (QED) is 0.657. The number of sulfonamides is 1. The topological polar surface area (TPSA) is 59.0 Å². The number of hydrogen-bond donors (Lipinski definition) is 0. The molecule has 2 aliphatic rings. The summed E-state index contributed by atoms with van der Waals surface area (Å²) in [6.07, 6.45) is 0. The summed E-state index contributed by atoms with van der Waals surface area (Å²) in [6.45, 7) is 1.70.